The standard InChI is InChI=1S/C23H23ClN2O4S/c24-19-11-14(3-9-21(19)31(29,30)16-5-6-16)18(12-15-4-10-22(27)25-15)20-8-7-17(13-1-2-13)23(28)26-20/h3,7-9,11-13,15-16H,1-2,4-6,10H2,(H,25,27)(H,26,28)/t15-/m1/s1. The van der Waals surface area contributed by atoms with E-state index in [-0.39, 0.29) is 32.7 Å². The van der Waals surface area contributed by atoms with Crippen LogP contribution in [0.4, 0.5) is 0 Å². The number of carbonyl (C=O) groups excluding carboxylic acids is 1. The third-order valence-corrected chi connectivity index (χ3v) is 8.90. The molecule has 1 aromatic carbocycles. The maximum atomic E-state index is 12.6. The molecule has 2 N–H and O–H groups in total. The van der Waals surface area contributed by atoms with E-state index in [1.54, 1.807) is 18.2 Å². The molecule has 1 aliphatic heterocycles. The lowest BCUT2D eigenvalue weighted by Gasteiger charge is -2.14. The summed E-state index contributed by atoms with van der Waals surface area (Å²) >= 11 is 6.42. The van der Waals surface area contributed by atoms with Crippen LogP contribution in [0.15, 0.2) is 46.1 Å². The lowest BCUT2D eigenvalue weighted by atomic mass is 9.98. The smallest absolute Gasteiger partial charge is 0.251 e. The van der Waals surface area contributed by atoms with Crippen molar-refractivity contribution in [1.29, 1.82) is 0 Å². The van der Waals surface area contributed by atoms with Crippen molar-refractivity contribution in [2.24, 2.45) is 0 Å². The minimum Gasteiger partial charge on any atom is -0.350 e. The predicted molar refractivity (Wildman–Crippen MR) is 119 cm³/mol. The molecule has 1 aromatic heterocycles. The first-order valence-electron chi connectivity index (χ1n) is 10.6. The Balaban J connectivity index is 1.57. The van der Waals surface area contributed by atoms with E-state index in [0.29, 0.717) is 48.4 Å². The second-order valence-corrected chi connectivity index (χ2v) is 11.2. The summed E-state index contributed by atoms with van der Waals surface area (Å²) in [5.74, 6) is 0.322. The van der Waals surface area contributed by atoms with Crippen LogP contribution in [0, 0.1) is 0 Å². The molecule has 1 atom stereocenters. The number of nitrogens with one attached hydrogen (secondary N) is 2. The Morgan fingerprint density at radius 3 is 2.39 bits per heavy atom. The van der Waals surface area contributed by atoms with Gasteiger partial charge >= 0.3 is 0 Å². The predicted octanol–water partition coefficient (Wildman–Crippen LogP) is 3.55. The average molecular weight is 459 g/mol. The second kappa shape index (κ2) is 7.64. The normalized spacial score (nSPS) is 21.9. The Labute approximate surface area is 185 Å². The monoisotopic (exact) mass is 458 g/mol. The molecule has 0 bridgehead atoms. The van der Waals surface area contributed by atoms with Gasteiger partial charge in [-0.1, -0.05) is 29.8 Å². The van der Waals surface area contributed by atoms with Gasteiger partial charge in [0.15, 0.2) is 9.84 Å². The number of aromatic nitrogens is 1. The maximum Gasteiger partial charge on any atom is 0.251 e. The zero-order valence-corrected chi connectivity index (χ0v) is 18.4. The van der Waals surface area contributed by atoms with Crippen LogP contribution in [-0.2, 0) is 14.6 Å². The number of halogens is 1. The molecule has 162 valence electrons. The van der Waals surface area contributed by atoms with Crippen molar-refractivity contribution in [1.82, 2.24) is 10.3 Å². The Kier molecular flexibility index (Phi) is 5.06. The van der Waals surface area contributed by atoms with Gasteiger partial charge in [-0.25, -0.2) is 8.42 Å². The van der Waals surface area contributed by atoms with Crippen LogP contribution in [0.2, 0.25) is 5.02 Å². The third kappa shape index (κ3) is 4.08. The fourth-order valence-electron chi connectivity index (χ4n) is 4.12. The zero-order chi connectivity index (χ0) is 21.8. The fraction of sp³-hybridized carbons (Fsp3) is 0.391. The molecule has 5 rings (SSSR count). The van der Waals surface area contributed by atoms with Gasteiger partial charge in [0.25, 0.3) is 5.56 Å². The molecule has 0 radical (unpaired) electrons. The quantitative estimate of drug-likeness (QED) is 0.691. The zero-order valence-electron chi connectivity index (χ0n) is 16.9. The van der Waals surface area contributed by atoms with E-state index in [1.165, 1.54) is 0 Å². The van der Waals surface area contributed by atoms with E-state index >= 15 is 0 Å². The number of aromatic amines is 1. The van der Waals surface area contributed by atoms with Crippen molar-refractivity contribution in [3.05, 3.63) is 68.6 Å². The molecule has 1 amide bonds. The first-order chi connectivity index (χ1) is 14.8. The van der Waals surface area contributed by atoms with Gasteiger partial charge in [0, 0.05) is 29.3 Å². The molecule has 31 heavy (non-hydrogen) atoms. The molecule has 2 heterocycles. The minimum atomic E-state index is -3.41. The number of amides is 1. The van der Waals surface area contributed by atoms with Crippen LogP contribution in [0.1, 0.15) is 61.3 Å². The van der Waals surface area contributed by atoms with Crippen molar-refractivity contribution in [3.8, 4) is 0 Å². The SMILES string of the molecule is O=C1CC[C@H](C=C(c2ccc(S(=O)(=O)C3CC3)c(Cl)c2)c2ccc(C3CC3)c(=O)[nH]2)N1. The van der Waals surface area contributed by atoms with E-state index in [2.05, 4.69) is 10.3 Å². The topological polar surface area (TPSA) is 96.1 Å². The molecule has 0 spiro atoms. The van der Waals surface area contributed by atoms with Crippen molar-refractivity contribution in [2.45, 2.75) is 60.6 Å². The van der Waals surface area contributed by atoms with Gasteiger partial charge in [-0.15, -0.1) is 0 Å². The number of rotatable bonds is 6. The molecule has 2 aromatic rings. The Morgan fingerprint density at radius 1 is 1.03 bits per heavy atom. The Morgan fingerprint density at radius 2 is 1.81 bits per heavy atom. The number of pyridine rings is 1. The van der Waals surface area contributed by atoms with E-state index in [0.717, 1.165) is 18.4 Å². The average Bonchev–Trinajstić information content (AvgIpc) is 3.64. The largest absolute Gasteiger partial charge is 0.350 e. The van der Waals surface area contributed by atoms with Gasteiger partial charge in [-0.3, -0.25) is 9.59 Å². The molecular weight excluding hydrogens is 436 g/mol. The lowest BCUT2D eigenvalue weighted by Crippen LogP contribution is -2.23. The molecular formula is C23H23ClN2O4S. The van der Waals surface area contributed by atoms with Crippen molar-refractivity contribution in [3.63, 3.8) is 0 Å². The van der Waals surface area contributed by atoms with Crippen LogP contribution in [0.3, 0.4) is 0 Å². The highest BCUT2D eigenvalue weighted by Crippen LogP contribution is 2.39. The second-order valence-electron chi connectivity index (χ2n) is 8.61. The molecule has 8 heteroatoms. The Hall–Kier alpha value is -2.38. The summed E-state index contributed by atoms with van der Waals surface area (Å²) in [6, 6.07) is 8.47. The highest BCUT2D eigenvalue weighted by molar-refractivity contribution is 7.92. The van der Waals surface area contributed by atoms with Crippen LogP contribution in [0.25, 0.3) is 5.57 Å². The summed E-state index contributed by atoms with van der Waals surface area (Å²) in [7, 11) is -3.41. The molecule has 3 aliphatic rings. The van der Waals surface area contributed by atoms with Gasteiger partial charge in [0.2, 0.25) is 5.91 Å². The van der Waals surface area contributed by atoms with Crippen LogP contribution in [-0.4, -0.2) is 30.6 Å². The van der Waals surface area contributed by atoms with E-state index in [4.69, 9.17) is 11.6 Å². The summed E-state index contributed by atoms with van der Waals surface area (Å²) < 4.78 is 25.3. The minimum absolute atomic E-state index is 0.0120. The lowest BCUT2D eigenvalue weighted by molar-refractivity contribution is -0.119. The van der Waals surface area contributed by atoms with Gasteiger partial charge < -0.3 is 10.3 Å². The van der Waals surface area contributed by atoms with Crippen LogP contribution < -0.4 is 10.9 Å². The van der Waals surface area contributed by atoms with E-state index in [9.17, 15) is 18.0 Å². The molecule has 2 saturated carbocycles. The van der Waals surface area contributed by atoms with E-state index in [1.807, 2.05) is 18.2 Å². The van der Waals surface area contributed by atoms with E-state index < -0.39 is 9.84 Å². The molecule has 3 fully saturated rings. The number of benzene rings is 1. The Bertz CT molecular complexity index is 1260. The van der Waals surface area contributed by atoms with Crippen molar-refractivity contribution >= 4 is 32.9 Å². The third-order valence-electron chi connectivity index (χ3n) is 6.16. The summed E-state index contributed by atoms with van der Waals surface area (Å²) in [5.41, 5.74) is 2.70. The van der Waals surface area contributed by atoms with Gasteiger partial charge in [0.1, 0.15) is 0 Å². The molecule has 6 nitrogen and oxygen atoms in total. The van der Waals surface area contributed by atoms with Crippen molar-refractivity contribution < 1.29 is 13.2 Å². The number of hydrogen-bond donors (Lipinski definition) is 2. The molecule has 2 aliphatic carbocycles. The summed E-state index contributed by atoms with van der Waals surface area (Å²) in [6.45, 7) is 0. The summed E-state index contributed by atoms with van der Waals surface area (Å²) in [6.07, 6.45) is 6.42. The fourth-order valence-corrected chi connectivity index (χ4v) is 6.33. The number of carbonyl (C=O) groups is 1. The highest BCUT2D eigenvalue weighted by Gasteiger charge is 2.38. The maximum absolute atomic E-state index is 12.6. The molecule has 1 saturated heterocycles. The first-order valence-corrected chi connectivity index (χ1v) is 12.5. The number of H-pyrrole nitrogens is 1. The van der Waals surface area contributed by atoms with Crippen LogP contribution in [0.5, 0.6) is 0 Å². The summed E-state index contributed by atoms with van der Waals surface area (Å²) in [4.78, 5) is 27.4. The van der Waals surface area contributed by atoms with Gasteiger partial charge in [-0.05, 0) is 61.8 Å². The highest BCUT2D eigenvalue weighted by atomic mass is 35.5. The van der Waals surface area contributed by atoms with Gasteiger partial charge in [0.05, 0.1) is 15.2 Å². The first kappa shape index (κ1) is 20.5. The molecule has 0 unspecified atom stereocenters. The van der Waals surface area contributed by atoms with Crippen LogP contribution >= 0.6 is 11.6 Å². The number of sulfone groups is 1. The number of hydrogen-bond acceptors (Lipinski definition) is 4. The van der Waals surface area contributed by atoms with Gasteiger partial charge in [-0.2, -0.15) is 0 Å². The summed E-state index contributed by atoms with van der Waals surface area (Å²) in [5, 5.41) is 2.74. The van der Waals surface area contributed by atoms with Crippen molar-refractivity contribution in [2.75, 3.05) is 0 Å².